The van der Waals surface area contributed by atoms with Crippen LogP contribution in [0.2, 0.25) is 0 Å². The molecule has 0 aromatic heterocycles. The Kier molecular flexibility index (Phi) is 8.24. The predicted octanol–water partition coefficient (Wildman–Crippen LogP) is 5.02. The van der Waals surface area contributed by atoms with Crippen molar-refractivity contribution in [3.8, 4) is 17.6 Å². The second kappa shape index (κ2) is 11.4. The number of carbonyl (C=O) groups is 1. The Morgan fingerprint density at radius 2 is 1.59 bits per heavy atom. The lowest BCUT2D eigenvalue weighted by atomic mass is 9.98. The quantitative estimate of drug-likeness (QED) is 0.550. The third-order valence-corrected chi connectivity index (χ3v) is 5.56. The highest BCUT2D eigenvalue weighted by molar-refractivity contribution is 5.97. The van der Waals surface area contributed by atoms with Crippen LogP contribution in [-0.4, -0.2) is 18.7 Å². The molecule has 0 unspecified atom stereocenters. The lowest BCUT2D eigenvalue weighted by molar-refractivity contribution is -0.117. The molecule has 0 bridgehead atoms. The average molecular weight is 398 g/mol. The van der Waals surface area contributed by atoms with E-state index < -0.39 is 0 Å². The number of hydrogen-bond donors (Lipinski definition) is 2. The smallest absolute Gasteiger partial charge is 0.263 e. The van der Waals surface area contributed by atoms with Gasteiger partial charge in [-0.1, -0.05) is 57.8 Å². The van der Waals surface area contributed by atoms with Crippen LogP contribution in [0.15, 0.2) is 30.0 Å². The van der Waals surface area contributed by atoms with Gasteiger partial charge in [0.15, 0.2) is 11.5 Å². The molecule has 1 aliphatic heterocycles. The van der Waals surface area contributed by atoms with E-state index in [9.17, 15) is 10.1 Å². The molecule has 1 aromatic carbocycles. The fraction of sp³-hybridized carbons (Fsp3) is 0.565. The Bertz CT molecular complexity index is 742. The van der Waals surface area contributed by atoms with E-state index in [2.05, 4.69) is 10.6 Å². The van der Waals surface area contributed by atoms with E-state index in [1.165, 1.54) is 51.1 Å². The van der Waals surface area contributed by atoms with Gasteiger partial charge in [-0.25, -0.2) is 0 Å². The normalized spacial score (nSPS) is 18.8. The molecule has 6 nitrogen and oxygen atoms in total. The molecule has 1 heterocycles. The van der Waals surface area contributed by atoms with E-state index >= 15 is 0 Å². The number of rotatable bonds is 4. The summed E-state index contributed by atoms with van der Waals surface area (Å²) in [7, 11) is 0. The molecule has 29 heavy (non-hydrogen) atoms. The van der Waals surface area contributed by atoms with Crippen molar-refractivity contribution in [3.63, 3.8) is 0 Å². The number of ether oxygens (including phenoxy) is 2. The zero-order valence-corrected chi connectivity index (χ0v) is 17.0. The highest BCUT2D eigenvalue weighted by atomic mass is 16.7. The van der Waals surface area contributed by atoms with Crippen LogP contribution in [0.5, 0.6) is 11.5 Å². The summed E-state index contributed by atoms with van der Waals surface area (Å²) in [4.78, 5) is 12.6. The number of hydrogen-bond acceptors (Lipinski definition) is 5. The van der Waals surface area contributed by atoms with Gasteiger partial charge in [-0.15, -0.1) is 0 Å². The molecule has 1 aromatic rings. The van der Waals surface area contributed by atoms with E-state index in [1.54, 1.807) is 12.1 Å². The van der Waals surface area contributed by atoms with Crippen LogP contribution in [0.3, 0.4) is 0 Å². The zero-order chi connectivity index (χ0) is 20.3. The van der Waals surface area contributed by atoms with Gasteiger partial charge in [-0.3, -0.25) is 4.79 Å². The number of benzene rings is 1. The van der Waals surface area contributed by atoms with E-state index in [0.717, 1.165) is 31.4 Å². The summed E-state index contributed by atoms with van der Waals surface area (Å²) >= 11 is 0. The minimum atomic E-state index is -0.308. The molecular formula is C23H31N3O3. The molecule has 0 saturated heterocycles. The van der Waals surface area contributed by atoms with Crippen molar-refractivity contribution in [3.05, 3.63) is 30.0 Å². The number of nitrogens with one attached hydrogen (secondary N) is 2. The first-order valence-corrected chi connectivity index (χ1v) is 10.8. The summed E-state index contributed by atoms with van der Waals surface area (Å²) in [6.45, 7) is 0.210. The summed E-state index contributed by atoms with van der Waals surface area (Å²) in [5, 5.41) is 15.6. The van der Waals surface area contributed by atoms with Crippen LogP contribution in [0.4, 0.5) is 5.69 Å². The summed E-state index contributed by atoms with van der Waals surface area (Å²) in [6, 6.07) is 7.57. The fourth-order valence-electron chi connectivity index (χ4n) is 3.86. The average Bonchev–Trinajstić information content (AvgIpc) is 3.18. The Labute approximate surface area is 173 Å². The molecule has 6 heteroatoms. The minimum Gasteiger partial charge on any atom is -0.454 e. The van der Waals surface area contributed by atoms with Gasteiger partial charge in [0.1, 0.15) is 11.6 Å². The number of fused-ring (bicyclic) bond motifs is 1. The Morgan fingerprint density at radius 3 is 2.24 bits per heavy atom. The lowest BCUT2D eigenvalue weighted by Crippen LogP contribution is -2.35. The van der Waals surface area contributed by atoms with Gasteiger partial charge in [0.05, 0.1) is 0 Å². The third-order valence-electron chi connectivity index (χ3n) is 5.56. The van der Waals surface area contributed by atoms with E-state index in [0.29, 0.717) is 11.5 Å². The van der Waals surface area contributed by atoms with Crippen LogP contribution in [0.1, 0.15) is 70.6 Å². The molecule has 1 fully saturated rings. The predicted molar refractivity (Wildman–Crippen MR) is 113 cm³/mol. The topological polar surface area (TPSA) is 83.4 Å². The van der Waals surface area contributed by atoms with Crippen molar-refractivity contribution >= 4 is 11.6 Å². The highest BCUT2D eigenvalue weighted by Gasteiger charge is 2.17. The molecule has 1 amide bonds. The Hall–Kier alpha value is -2.68. The highest BCUT2D eigenvalue weighted by Crippen LogP contribution is 2.34. The zero-order valence-electron chi connectivity index (χ0n) is 17.0. The van der Waals surface area contributed by atoms with Gasteiger partial charge in [0.2, 0.25) is 6.79 Å². The van der Waals surface area contributed by atoms with Gasteiger partial charge in [0.25, 0.3) is 5.91 Å². The van der Waals surface area contributed by atoms with Crippen LogP contribution in [0, 0.1) is 11.3 Å². The standard InChI is InChI=1S/C23H31N3O3/c24-15-18(16-25-20-12-13-21-22(14-20)29-17-28-21)23(27)26-19-10-8-6-4-2-1-3-5-7-9-11-19/h12-14,16,19,25H,1-11,17H2,(H,26,27)/b18-16-. The second-order valence-corrected chi connectivity index (χ2v) is 7.81. The fourth-order valence-corrected chi connectivity index (χ4v) is 3.86. The number of anilines is 1. The number of nitrogens with zero attached hydrogens (tertiary/aromatic N) is 1. The van der Waals surface area contributed by atoms with Crippen LogP contribution >= 0.6 is 0 Å². The summed E-state index contributed by atoms with van der Waals surface area (Å²) in [5.74, 6) is 1.04. The lowest BCUT2D eigenvalue weighted by Gasteiger charge is -2.19. The van der Waals surface area contributed by atoms with Crippen LogP contribution < -0.4 is 20.1 Å². The van der Waals surface area contributed by atoms with Crippen molar-refractivity contribution in [2.24, 2.45) is 0 Å². The van der Waals surface area contributed by atoms with E-state index in [-0.39, 0.29) is 24.3 Å². The van der Waals surface area contributed by atoms with Crippen molar-refractivity contribution < 1.29 is 14.3 Å². The number of nitriles is 1. The molecule has 2 aliphatic rings. The Morgan fingerprint density at radius 1 is 0.966 bits per heavy atom. The van der Waals surface area contributed by atoms with E-state index in [4.69, 9.17) is 9.47 Å². The van der Waals surface area contributed by atoms with Crippen molar-refractivity contribution in [1.82, 2.24) is 5.32 Å². The van der Waals surface area contributed by atoms with Crippen molar-refractivity contribution in [2.75, 3.05) is 12.1 Å². The van der Waals surface area contributed by atoms with Gasteiger partial charge < -0.3 is 20.1 Å². The van der Waals surface area contributed by atoms with Gasteiger partial charge in [0, 0.05) is 24.0 Å². The van der Waals surface area contributed by atoms with Gasteiger partial charge in [-0.05, 0) is 25.0 Å². The second-order valence-electron chi connectivity index (χ2n) is 7.81. The molecule has 2 N–H and O–H groups in total. The maximum Gasteiger partial charge on any atom is 0.263 e. The van der Waals surface area contributed by atoms with Crippen molar-refractivity contribution in [1.29, 1.82) is 5.26 Å². The summed E-state index contributed by atoms with van der Waals surface area (Å²) < 4.78 is 10.6. The monoisotopic (exact) mass is 397 g/mol. The molecular weight excluding hydrogens is 366 g/mol. The molecule has 3 rings (SSSR count). The number of carbonyl (C=O) groups excluding carboxylic acids is 1. The minimum absolute atomic E-state index is 0.0776. The molecule has 1 aliphatic carbocycles. The SMILES string of the molecule is N#C/C(=C/Nc1ccc2c(c1)OCO2)C(=O)NC1CCCCCCCCCCC1. The molecule has 0 radical (unpaired) electrons. The van der Waals surface area contributed by atoms with Crippen LogP contribution in [0.25, 0.3) is 0 Å². The molecule has 1 saturated carbocycles. The first-order valence-electron chi connectivity index (χ1n) is 10.8. The van der Waals surface area contributed by atoms with Crippen molar-refractivity contribution in [2.45, 2.75) is 76.7 Å². The van der Waals surface area contributed by atoms with Crippen LogP contribution in [-0.2, 0) is 4.79 Å². The maximum absolute atomic E-state index is 12.6. The van der Waals surface area contributed by atoms with Gasteiger partial charge >= 0.3 is 0 Å². The Balaban J connectivity index is 1.55. The summed E-state index contributed by atoms with van der Waals surface area (Å²) in [6.07, 6.45) is 14.7. The largest absolute Gasteiger partial charge is 0.454 e. The first-order chi connectivity index (χ1) is 14.3. The third kappa shape index (κ3) is 6.70. The number of amides is 1. The summed E-state index contributed by atoms with van der Waals surface area (Å²) in [5.41, 5.74) is 0.814. The maximum atomic E-state index is 12.6. The van der Waals surface area contributed by atoms with E-state index in [1.807, 2.05) is 12.1 Å². The van der Waals surface area contributed by atoms with Gasteiger partial charge in [-0.2, -0.15) is 5.26 Å². The molecule has 0 atom stereocenters. The molecule has 156 valence electrons. The first kappa shape index (κ1) is 21.0. The molecule has 0 spiro atoms.